The van der Waals surface area contributed by atoms with E-state index in [9.17, 15) is 14.7 Å². The third-order valence-corrected chi connectivity index (χ3v) is 4.21. The molecule has 0 saturated carbocycles. The molecule has 2 aromatic rings. The number of nitrogens with zero attached hydrogens (tertiary/aromatic N) is 1. The van der Waals surface area contributed by atoms with Crippen LogP contribution in [0.25, 0.3) is 0 Å². The van der Waals surface area contributed by atoms with E-state index in [2.05, 4.69) is 31.8 Å². The molecule has 2 aromatic carbocycles. The van der Waals surface area contributed by atoms with Crippen molar-refractivity contribution in [3.05, 3.63) is 52.0 Å². The van der Waals surface area contributed by atoms with Crippen LogP contribution in [-0.4, -0.2) is 43.9 Å². The molecule has 148 valence electrons. The predicted octanol–water partition coefficient (Wildman–Crippen LogP) is 1.98. The first-order chi connectivity index (χ1) is 13.4. The molecular formula is C19H20BrN3O5. The number of halogens is 1. The molecule has 28 heavy (non-hydrogen) atoms. The number of carbonyl (C=O) groups is 2. The molecule has 9 heteroatoms. The van der Waals surface area contributed by atoms with Crippen molar-refractivity contribution in [3.63, 3.8) is 0 Å². The van der Waals surface area contributed by atoms with Crippen LogP contribution in [-0.2, 0) is 16.0 Å². The Labute approximate surface area is 170 Å². The highest BCUT2D eigenvalue weighted by atomic mass is 79.9. The first-order valence-corrected chi connectivity index (χ1v) is 9.04. The average molecular weight is 450 g/mol. The van der Waals surface area contributed by atoms with E-state index in [1.165, 1.54) is 12.3 Å². The number of phenols is 1. The van der Waals surface area contributed by atoms with Crippen LogP contribution in [0.2, 0.25) is 0 Å². The van der Waals surface area contributed by atoms with Crippen molar-refractivity contribution in [1.82, 2.24) is 10.7 Å². The van der Waals surface area contributed by atoms with Gasteiger partial charge in [-0.2, -0.15) is 5.10 Å². The van der Waals surface area contributed by atoms with Gasteiger partial charge in [-0.05, 0) is 42.3 Å². The van der Waals surface area contributed by atoms with Gasteiger partial charge in [-0.15, -0.1) is 0 Å². The van der Waals surface area contributed by atoms with Crippen molar-refractivity contribution >= 4 is 34.0 Å². The first kappa shape index (κ1) is 21.2. The molecule has 0 radical (unpaired) electrons. The minimum atomic E-state index is -0.905. The number of hydrazone groups is 1. The highest BCUT2D eigenvalue weighted by molar-refractivity contribution is 9.10. The van der Waals surface area contributed by atoms with Crippen LogP contribution in [0.15, 0.2) is 46.0 Å². The van der Waals surface area contributed by atoms with Crippen LogP contribution < -0.4 is 20.2 Å². The SMILES string of the molecule is COc1ccc(CCNC(=O)C(=O)N/N=C/c2cc(Br)ccc2O)cc1OC. The summed E-state index contributed by atoms with van der Waals surface area (Å²) in [5.41, 5.74) is 3.43. The minimum Gasteiger partial charge on any atom is -0.507 e. The Bertz CT molecular complexity index is 886. The van der Waals surface area contributed by atoms with Crippen molar-refractivity contribution in [2.24, 2.45) is 5.10 Å². The second kappa shape index (κ2) is 10.3. The number of nitrogens with one attached hydrogen (secondary N) is 2. The summed E-state index contributed by atoms with van der Waals surface area (Å²) in [6, 6.07) is 10.2. The Morgan fingerprint density at radius 2 is 1.86 bits per heavy atom. The molecule has 0 aliphatic heterocycles. The maximum Gasteiger partial charge on any atom is 0.329 e. The monoisotopic (exact) mass is 449 g/mol. The summed E-state index contributed by atoms with van der Waals surface area (Å²) in [5, 5.41) is 15.9. The van der Waals surface area contributed by atoms with Gasteiger partial charge >= 0.3 is 11.8 Å². The van der Waals surface area contributed by atoms with E-state index in [0.717, 1.165) is 10.0 Å². The fourth-order valence-electron chi connectivity index (χ4n) is 2.28. The third-order valence-electron chi connectivity index (χ3n) is 3.71. The van der Waals surface area contributed by atoms with E-state index in [1.807, 2.05) is 6.07 Å². The standard InChI is InChI=1S/C19H20BrN3O5/c1-27-16-6-3-12(9-17(16)28-2)7-8-21-18(25)19(26)23-22-11-13-10-14(20)4-5-15(13)24/h3-6,9-11,24H,7-8H2,1-2H3,(H,21,25)(H,23,26)/b22-11+. The number of hydrogen-bond donors (Lipinski definition) is 3. The number of aromatic hydroxyl groups is 1. The van der Waals surface area contributed by atoms with E-state index in [1.54, 1.807) is 38.5 Å². The van der Waals surface area contributed by atoms with Gasteiger partial charge in [-0.3, -0.25) is 9.59 Å². The molecule has 0 saturated heterocycles. The van der Waals surface area contributed by atoms with Gasteiger partial charge in [0.15, 0.2) is 11.5 Å². The molecule has 2 amide bonds. The van der Waals surface area contributed by atoms with Gasteiger partial charge in [0.2, 0.25) is 0 Å². The largest absolute Gasteiger partial charge is 0.507 e. The highest BCUT2D eigenvalue weighted by Gasteiger charge is 2.12. The number of amides is 2. The normalized spacial score (nSPS) is 10.5. The van der Waals surface area contributed by atoms with E-state index < -0.39 is 11.8 Å². The molecule has 0 fully saturated rings. The lowest BCUT2D eigenvalue weighted by Crippen LogP contribution is -2.38. The summed E-state index contributed by atoms with van der Waals surface area (Å²) >= 11 is 3.27. The van der Waals surface area contributed by atoms with Crippen molar-refractivity contribution in [2.45, 2.75) is 6.42 Å². The number of carbonyl (C=O) groups excluding carboxylic acids is 2. The van der Waals surface area contributed by atoms with Crippen molar-refractivity contribution < 1.29 is 24.2 Å². The third kappa shape index (κ3) is 5.98. The van der Waals surface area contributed by atoms with E-state index in [4.69, 9.17) is 9.47 Å². The number of benzene rings is 2. The Balaban J connectivity index is 1.82. The quantitative estimate of drug-likeness (QED) is 0.340. The molecule has 0 aromatic heterocycles. The predicted molar refractivity (Wildman–Crippen MR) is 108 cm³/mol. The topological polar surface area (TPSA) is 109 Å². The second-order valence-corrected chi connectivity index (χ2v) is 6.51. The maximum atomic E-state index is 11.8. The highest BCUT2D eigenvalue weighted by Crippen LogP contribution is 2.27. The summed E-state index contributed by atoms with van der Waals surface area (Å²) in [4.78, 5) is 23.6. The van der Waals surface area contributed by atoms with Crippen LogP contribution in [0, 0.1) is 0 Å². The molecule has 0 aliphatic rings. The molecule has 2 rings (SSSR count). The fourth-order valence-corrected chi connectivity index (χ4v) is 2.66. The van der Waals surface area contributed by atoms with Crippen molar-refractivity contribution in [3.8, 4) is 17.2 Å². The number of phenolic OH excluding ortho intramolecular Hbond substituents is 1. The van der Waals surface area contributed by atoms with Gasteiger partial charge in [0, 0.05) is 16.6 Å². The van der Waals surface area contributed by atoms with Gasteiger partial charge in [-0.25, -0.2) is 5.43 Å². The maximum absolute atomic E-state index is 11.8. The minimum absolute atomic E-state index is 0.000528. The van der Waals surface area contributed by atoms with Gasteiger partial charge in [0.1, 0.15) is 5.75 Å². The lowest BCUT2D eigenvalue weighted by Gasteiger charge is -2.10. The lowest BCUT2D eigenvalue weighted by molar-refractivity contribution is -0.139. The zero-order valence-corrected chi connectivity index (χ0v) is 16.9. The van der Waals surface area contributed by atoms with Crippen LogP contribution in [0.5, 0.6) is 17.2 Å². The number of methoxy groups -OCH3 is 2. The summed E-state index contributed by atoms with van der Waals surface area (Å²) in [7, 11) is 3.10. The number of ether oxygens (including phenoxy) is 2. The molecular weight excluding hydrogens is 430 g/mol. The summed E-state index contributed by atoms with van der Waals surface area (Å²) in [5.74, 6) is -0.507. The van der Waals surface area contributed by atoms with E-state index in [0.29, 0.717) is 23.5 Å². The van der Waals surface area contributed by atoms with Gasteiger partial charge in [-0.1, -0.05) is 22.0 Å². The molecule has 0 heterocycles. The van der Waals surface area contributed by atoms with Gasteiger partial charge in [0.25, 0.3) is 0 Å². The van der Waals surface area contributed by atoms with Crippen LogP contribution in [0.1, 0.15) is 11.1 Å². The number of rotatable bonds is 7. The lowest BCUT2D eigenvalue weighted by atomic mass is 10.1. The van der Waals surface area contributed by atoms with Gasteiger partial charge in [0.05, 0.1) is 20.4 Å². The molecule has 0 bridgehead atoms. The number of hydrogen-bond acceptors (Lipinski definition) is 6. The Hall–Kier alpha value is -3.07. The Morgan fingerprint density at radius 1 is 1.11 bits per heavy atom. The molecule has 0 atom stereocenters. The molecule has 0 aliphatic carbocycles. The zero-order chi connectivity index (χ0) is 20.5. The molecule has 8 nitrogen and oxygen atoms in total. The average Bonchev–Trinajstić information content (AvgIpc) is 2.70. The van der Waals surface area contributed by atoms with E-state index >= 15 is 0 Å². The van der Waals surface area contributed by atoms with Gasteiger partial charge < -0.3 is 19.9 Å². The van der Waals surface area contributed by atoms with Crippen LogP contribution >= 0.6 is 15.9 Å². The van der Waals surface area contributed by atoms with Crippen LogP contribution in [0.3, 0.4) is 0 Å². The summed E-state index contributed by atoms with van der Waals surface area (Å²) < 4.78 is 11.1. The Kier molecular flexibility index (Phi) is 7.82. The smallest absolute Gasteiger partial charge is 0.329 e. The second-order valence-electron chi connectivity index (χ2n) is 5.60. The molecule has 0 unspecified atom stereocenters. The summed E-state index contributed by atoms with van der Waals surface area (Å²) in [6.45, 7) is 0.262. The van der Waals surface area contributed by atoms with Crippen molar-refractivity contribution in [1.29, 1.82) is 0 Å². The molecule has 0 spiro atoms. The first-order valence-electron chi connectivity index (χ1n) is 8.25. The Morgan fingerprint density at radius 3 is 2.57 bits per heavy atom. The van der Waals surface area contributed by atoms with Crippen LogP contribution in [0.4, 0.5) is 0 Å². The summed E-state index contributed by atoms with van der Waals surface area (Å²) in [6.07, 6.45) is 1.75. The van der Waals surface area contributed by atoms with Crippen molar-refractivity contribution in [2.75, 3.05) is 20.8 Å². The molecule has 3 N–H and O–H groups in total. The van der Waals surface area contributed by atoms with E-state index in [-0.39, 0.29) is 12.3 Å². The fraction of sp³-hybridized carbons (Fsp3) is 0.211. The zero-order valence-electron chi connectivity index (χ0n) is 15.4.